The third-order valence-electron chi connectivity index (χ3n) is 3.62. The van der Waals surface area contributed by atoms with Gasteiger partial charge < -0.3 is 10.2 Å². The van der Waals surface area contributed by atoms with Crippen LogP contribution in [0.2, 0.25) is 0 Å². The van der Waals surface area contributed by atoms with Crippen molar-refractivity contribution >= 4 is 27.7 Å². The fourth-order valence-corrected chi connectivity index (χ4v) is 3.11. The summed E-state index contributed by atoms with van der Waals surface area (Å²) in [6.45, 7) is 5.00. The lowest BCUT2D eigenvalue weighted by Gasteiger charge is -2.19. The van der Waals surface area contributed by atoms with Gasteiger partial charge in [-0.25, -0.2) is 4.98 Å². The van der Waals surface area contributed by atoms with Crippen molar-refractivity contribution in [2.75, 3.05) is 29.9 Å². The molecule has 2 heterocycles. The minimum absolute atomic E-state index is 0.825. The van der Waals surface area contributed by atoms with Crippen molar-refractivity contribution in [1.82, 2.24) is 9.97 Å². The van der Waals surface area contributed by atoms with Gasteiger partial charge in [0.05, 0.1) is 10.2 Å². The molecule has 1 aliphatic heterocycles. The number of aromatic nitrogens is 2. The Labute approximate surface area is 133 Å². The van der Waals surface area contributed by atoms with Crippen LogP contribution in [0.3, 0.4) is 0 Å². The number of hydrogen-bond acceptors (Lipinski definition) is 4. The largest absolute Gasteiger partial charge is 0.369 e. The average molecular weight is 347 g/mol. The number of nitrogens with one attached hydrogen (secondary N) is 1. The molecular formula is C16H19BrN4. The summed E-state index contributed by atoms with van der Waals surface area (Å²) in [6.07, 6.45) is 2.44. The Balaban J connectivity index is 2.08. The Morgan fingerprint density at radius 2 is 1.86 bits per heavy atom. The molecule has 1 fully saturated rings. The molecule has 5 heteroatoms. The number of halogens is 1. The fraction of sp³-hybridized carbons (Fsp3) is 0.375. The van der Waals surface area contributed by atoms with Gasteiger partial charge >= 0.3 is 0 Å². The van der Waals surface area contributed by atoms with Crippen molar-refractivity contribution in [2.45, 2.75) is 19.8 Å². The first-order valence-electron chi connectivity index (χ1n) is 7.41. The van der Waals surface area contributed by atoms with Gasteiger partial charge in [0.15, 0.2) is 0 Å². The van der Waals surface area contributed by atoms with Crippen molar-refractivity contribution in [2.24, 2.45) is 0 Å². The van der Waals surface area contributed by atoms with E-state index < -0.39 is 0 Å². The monoisotopic (exact) mass is 346 g/mol. The Kier molecular flexibility index (Phi) is 4.39. The van der Waals surface area contributed by atoms with Crippen molar-refractivity contribution in [3.05, 3.63) is 34.8 Å². The summed E-state index contributed by atoms with van der Waals surface area (Å²) in [5.41, 5.74) is 2.05. The third kappa shape index (κ3) is 3.02. The van der Waals surface area contributed by atoms with Crippen LogP contribution in [0.15, 0.2) is 34.8 Å². The number of nitrogens with zero attached hydrogens (tertiary/aromatic N) is 3. The van der Waals surface area contributed by atoms with Gasteiger partial charge in [-0.15, -0.1) is 0 Å². The van der Waals surface area contributed by atoms with Gasteiger partial charge in [-0.3, -0.25) is 0 Å². The van der Waals surface area contributed by atoms with Gasteiger partial charge in [-0.2, -0.15) is 4.98 Å². The SMILES string of the molecule is CCNc1nc(N2CCCC2)nc(-c2ccccc2)c1Br. The summed E-state index contributed by atoms with van der Waals surface area (Å²) in [6, 6.07) is 10.2. The van der Waals surface area contributed by atoms with Gasteiger partial charge in [-0.1, -0.05) is 30.3 Å². The Hall–Kier alpha value is -1.62. The zero-order valence-electron chi connectivity index (χ0n) is 12.1. The highest BCUT2D eigenvalue weighted by Gasteiger charge is 2.19. The highest BCUT2D eigenvalue weighted by atomic mass is 79.9. The second-order valence-electron chi connectivity index (χ2n) is 5.13. The predicted octanol–water partition coefficient (Wildman–Crippen LogP) is 3.94. The molecule has 4 nitrogen and oxygen atoms in total. The van der Waals surface area contributed by atoms with Crippen molar-refractivity contribution in [3.8, 4) is 11.3 Å². The maximum Gasteiger partial charge on any atom is 0.227 e. The molecular weight excluding hydrogens is 328 g/mol. The number of hydrogen-bond donors (Lipinski definition) is 1. The molecule has 1 aliphatic rings. The van der Waals surface area contributed by atoms with Crippen LogP contribution in [0, 0.1) is 0 Å². The van der Waals surface area contributed by atoms with Crippen LogP contribution in [0.25, 0.3) is 11.3 Å². The molecule has 0 bridgehead atoms. The molecule has 2 aromatic rings. The van der Waals surface area contributed by atoms with E-state index in [2.05, 4.69) is 50.2 Å². The van der Waals surface area contributed by atoms with Crippen LogP contribution in [0.1, 0.15) is 19.8 Å². The lowest BCUT2D eigenvalue weighted by Crippen LogP contribution is -2.21. The molecule has 1 saturated heterocycles. The first kappa shape index (κ1) is 14.3. The lowest BCUT2D eigenvalue weighted by atomic mass is 10.1. The molecule has 0 spiro atoms. The van der Waals surface area contributed by atoms with Crippen LogP contribution >= 0.6 is 15.9 Å². The minimum atomic E-state index is 0.825. The first-order chi connectivity index (χ1) is 10.3. The molecule has 0 radical (unpaired) electrons. The predicted molar refractivity (Wildman–Crippen MR) is 90.8 cm³/mol. The maximum absolute atomic E-state index is 4.80. The third-order valence-corrected chi connectivity index (χ3v) is 4.37. The summed E-state index contributed by atoms with van der Waals surface area (Å²) in [5, 5.41) is 3.33. The normalized spacial score (nSPS) is 14.5. The Morgan fingerprint density at radius 3 is 2.52 bits per heavy atom. The molecule has 3 rings (SSSR count). The molecule has 0 atom stereocenters. The average Bonchev–Trinajstić information content (AvgIpc) is 3.05. The van der Waals surface area contributed by atoms with Gasteiger partial charge in [0.2, 0.25) is 5.95 Å². The summed E-state index contributed by atoms with van der Waals surface area (Å²) in [7, 11) is 0. The molecule has 0 unspecified atom stereocenters. The summed E-state index contributed by atoms with van der Waals surface area (Å²) < 4.78 is 0.929. The highest BCUT2D eigenvalue weighted by molar-refractivity contribution is 9.10. The fourth-order valence-electron chi connectivity index (χ4n) is 2.57. The minimum Gasteiger partial charge on any atom is -0.369 e. The van der Waals surface area contributed by atoms with Crippen LogP contribution in [0.5, 0.6) is 0 Å². The molecule has 0 saturated carbocycles. The molecule has 1 N–H and O–H groups in total. The number of rotatable bonds is 4. The number of benzene rings is 1. The Bertz CT molecular complexity index is 609. The van der Waals surface area contributed by atoms with E-state index in [4.69, 9.17) is 4.98 Å². The van der Waals surface area contributed by atoms with E-state index in [1.165, 1.54) is 12.8 Å². The smallest absolute Gasteiger partial charge is 0.227 e. The molecule has 0 aliphatic carbocycles. The van der Waals surface area contributed by atoms with Crippen molar-refractivity contribution < 1.29 is 0 Å². The standard InChI is InChI=1S/C16H19BrN4/c1-2-18-15-13(17)14(12-8-4-3-5-9-12)19-16(20-15)21-10-6-7-11-21/h3-5,8-9H,2,6-7,10-11H2,1H3,(H,18,19,20). The summed E-state index contributed by atoms with van der Waals surface area (Å²) >= 11 is 3.66. The van der Waals surface area contributed by atoms with E-state index in [-0.39, 0.29) is 0 Å². The van der Waals surface area contributed by atoms with Crippen LogP contribution in [-0.2, 0) is 0 Å². The van der Waals surface area contributed by atoms with Gasteiger partial charge in [0, 0.05) is 25.2 Å². The van der Waals surface area contributed by atoms with Gasteiger partial charge in [0.25, 0.3) is 0 Å². The van der Waals surface area contributed by atoms with E-state index in [1.54, 1.807) is 0 Å². The zero-order chi connectivity index (χ0) is 14.7. The molecule has 1 aromatic heterocycles. The number of anilines is 2. The second-order valence-corrected chi connectivity index (χ2v) is 5.92. The van der Waals surface area contributed by atoms with E-state index in [0.29, 0.717) is 0 Å². The van der Waals surface area contributed by atoms with Crippen LogP contribution in [0.4, 0.5) is 11.8 Å². The Morgan fingerprint density at radius 1 is 1.14 bits per heavy atom. The second kappa shape index (κ2) is 6.43. The van der Waals surface area contributed by atoms with E-state index in [0.717, 1.165) is 47.1 Å². The van der Waals surface area contributed by atoms with Crippen LogP contribution in [-0.4, -0.2) is 29.6 Å². The molecule has 0 amide bonds. The summed E-state index contributed by atoms with van der Waals surface area (Å²) in [5.74, 6) is 1.69. The van der Waals surface area contributed by atoms with E-state index in [9.17, 15) is 0 Å². The molecule has 1 aromatic carbocycles. The zero-order valence-corrected chi connectivity index (χ0v) is 13.7. The molecule has 110 valence electrons. The highest BCUT2D eigenvalue weighted by Crippen LogP contribution is 2.33. The maximum atomic E-state index is 4.80. The van der Waals surface area contributed by atoms with E-state index >= 15 is 0 Å². The topological polar surface area (TPSA) is 41.1 Å². The summed E-state index contributed by atoms with van der Waals surface area (Å²) in [4.78, 5) is 11.7. The van der Waals surface area contributed by atoms with E-state index in [1.807, 2.05) is 18.2 Å². The molecule has 21 heavy (non-hydrogen) atoms. The van der Waals surface area contributed by atoms with Gasteiger partial charge in [0.1, 0.15) is 5.82 Å². The van der Waals surface area contributed by atoms with Gasteiger partial charge in [-0.05, 0) is 35.7 Å². The lowest BCUT2D eigenvalue weighted by molar-refractivity contribution is 0.897. The van der Waals surface area contributed by atoms with Crippen molar-refractivity contribution in [3.63, 3.8) is 0 Å². The van der Waals surface area contributed by atoms with Crippen molar-refractivity contribution in [1.29, 1.82) is 0 Å². The quantitative estimate of drug-likeness (QED) is 0.910. The van der Waals surface area contributed by atoms with Crippen LogP contribution < -0.4 is 10.2 Å². The first-order valence-corrected chi connectivity index (χ1v) is 8.20.